The van der Waals surface area contributed by atoms with Gasteiger partial charge in [0.1, 0.15) is 6.07 Å². The van der Waals surface area contributed by atoms with E-state index in [0.29, 0.717) is 18.7 Å². The smallest absolute Gasteiger partial charge is 0.255 e. The number of carbonyl (C=O) groups excluding carboxylic acids is 1. The van der Waals surface area contributed by atoms with E-state index in [-0.39, 0.29) is 35.2 Å². The van der Waals surface area contributed by atoms with E-state index in [0.717, 1.165) is 11.3 Å². The van der Waals surface area contributed by atoms with Gasteiger partial charge in [0.25, 0.3) is 5.91 Å². The normalized spacial score (nSPS) is 22.6. The van der Waals surface area contributed by atoms with Gasteiger partial charge in [-0.25, -0.2) is 9.37 Å². The summed E-state index contributed by atoms with van der Waals surface area (Å²) in [6, 6.07) is 5.11. The molecule has 1 aliphatic carbocycles. The molecule has 2 N–H and O–H groups in total. The Morgan fingerprint density at radius 2 is 2.21 bits per heavy atom. The summed E-state index contributed by atoms with van der Waals surface area (Å²) in [7, 11) is 0. The fraction of sp³-hybridized carbons (Fsp3) is 0.263. The van der Waals surface area contributed by atoms with Crippen LogP contribution in [0.2, 0.25) is 0 Å². The molecule has 4 heterocycles. The first-order valence-corrected chi connectivity index (χ1v) is 9.77. The molecular weight excluding hydrogens is 379 g/mol. The Labute approximate surface area is 163 Å². The molecule has 28 heavy (non-hydrogen) atoms. The quantitative estimate of drug-likeness (QED) is 0.708. The predicted octanol–water partition coefficient (Wildman–Crippen LogP) is 2.41. The summed E-state index contributed by atoms with van der Waals surface area (Å²) in [5, 5.41) is 22.7. The van der Waals surface area contributed by atoms with Gasteiger partial charge >= 0.3 is 0 Å². The minimum atomic E-state index is -0.486. The molecule has 3 aromatic heterocycles. The minimum absolute atomic E-state index is 0.0791. The second kappa shape index (κ2) is 6.42. The van der Waals surface area contributed by atoms with Crippen molar-refractivity contribution >= 4 is 23.1 Å². The number of nitrogens with zero attached hydrogens (tertiary/aromatic N) is 4. The molecule has 1 unspecified atom stereocenters. The van der Waals surface area contributed by atoms with Crippen molar-refractivity contribution in [3.05, 3.63) is 52.2 Å². The number of nitriles is 1. The summed E-state index contributed by atoms with van der Waals surface area (Å²) < 4.78 is 14.2. The van der Waals surface area contributed by atoms with Crippen LogP contribution in [0.1, 0.15) is 15.9 Å². The van der Waals surface area contributed by atoms with E-state index in [1.165, 1.54) is 12.3 Å². The Kier molecular flexibility index (Phi) is 3.87. The van der Waals surface area contributed by atoms with Crippen LogP contribution in [0.3, 0.4) is 0 Å². The van der Waals surface area contributed by atoms with E-state index in [1.807, 2.05) is 27.8 Å². The number of fused-ring (bicyclic) bond motifs is 1. The van der Waals surface area contributed by atoms with E-state index in [1.54, 1.807) is 17.5 Å². The first-order chi connectivity index (χ1) is 13.7. The molecule has 2 fully saturated rings. The lowest BCUT2D eigenvalue weighted by Gasteiger charge is -2.21. The maximum Gasteiger partial charge on any atom is 0.255 e. The molecule has 0 spiro atoms. The maximum absolute atomic E-state index is 14.2. The number of halogens is 1. The van der Waals surface area contributed by atoms with Gasteiger partial charge in [-0.2, -0.15) is 21.7 Å². The molecular formula is C19H15FN6OS. The summed E-state index contributed by atoms with van der Waals surface area (Å²) in [5.74, 6) is 0.184. The van der Waals surface area contributed by atoms with Crippen LogP contribution in [-0.2, 0) is 0 Å². The number of hydrogen-bond acceptors (Lipinski definition) is 6. The van der Waals surface area contributed by atoms with Crippen molar-refractivity contribution in [1.29, 1.82) is 5.26 Å². The Morgan fingerprint density at radius 1 is 1.39 bits per heavy atom. The summed E-state index contributed by atoms with van der Waals surface area (Å²) in [6.45, 7) is 1.27. The monoisotopic (exact) mass is 394 g/mol. The summed E-state index contributed by atoms with van der Waals surface area (Å²) in [4.78, 5) is 18.7. The van der Waals surface area contributed by atoms with Crippen LogP contribution >= 0.6 is 11.3 Å². The second-order valence-electron chi connectivity index (χ2n) is 7.04. The lowest BCUT2D eigenvalue weighted by molar-refractivity contribution is 0.0947. The molecule has 0 radical (unpaired) electrons. The summed E-state index contributed by atoms with van der Waals surface area (Å²) in [5.41, 5.74) is 2.39. The third kappa shape index (κ3) is 2.73. The molecule has 3 aromatic rings. The van der Waals surface area contributed by atoms with Crippen LogP contribution in [0, 0.1) is 29.0 Å². The first-order valence-electron chi connectivity index (χ1n) is 8.83. The zero-order valence-electron chi connectivity index (χ0n) is 14.6. The van der Waals surface area contributed by atoms with Gasteiger partial charge in [-0.3, -0.25) is 9.89 Å². The number of thiophene rings is 1. The Bertz CT molecular complexity index is 1080. The van der Waals surface area contributed by atoms with Gasteiger partial charge in [-0.05, 0) is 17.5 Å². The number of H-pyrrole nitrogens is 1. The average Bonchev–Trinajstić information content (AvgIpc) is 3.25. The highest BCUT2D eigenvalue weighted by Crippen LogP contribution is 2.47. The molecule has 5 rings (SSSR count). The number of pyridine rings is 1. The van der Waals surface area contributed by atoms with Crippen molar-refractivity contribution in [3.63, 3.8) is 0 Å². The second-order valence-corrected chi connectivity index (χ2v) is 7.82. The van der Waals surface area contributed by atoms with Crippen LogP contribution in [-0.4, -0.2) is 40.2 Å². The minimum Gasteiger partial charge on any atom is -0.353 e. The molecule has 1 aliphatic heterocycles. The van der Waals surface area contributed by atoms with Crippen molar-refractivity contribution in [2.75, 3.05) is 18.0 Å². The van der Waals surface area contributed by atoms with Crippen LogP contribution in [0.15, 0.2) is 35.3 Å². The predicted molar refractivity (Wildman–Crippen MR) is 101 cm³/mol. The van der Waals surface area contributed by atoms with Crippen LogP contribution in [0.25, 0.3) is 11.3 Å². The van der Waals surface area contributed by atoms with E-state index in [9.17, 15) is 9.18 Å². The highest BCUT2D eigenvalue weighted by Gasteiger charge is 2.57. The number of hydrogen-bond donors (Lipinski definition) is 2. The molecule has 0 aromatic carbocycles. The van der Waals surface area contributed by atoms with Crippen molar-refractivity contribution < 1.29 is 9.18 Å². The lowest BCUT2D eigenvalue weighted by atomic mass is 10.1. The zero-order chi connectivity index (χ0) is 19.3. The fourth-order valence-electron chi connectivity index (χ4n) is 3.95. The van der Waals surface area contributed by atoms with E-state index in [2.05, 4.69) is 20.5 Å². The average molecular weight is 394 g/mol. The zero-order valence-corrected chi connectivity index (χ0v) is 15.4. The number of anilines is 1. The number of aromatic nitrogens is 3. The fourth-order valence-corrected chi connectivity index (χ4v) is 4.60. The van der Waals surface area contributed by atoms with E-state index < -0.39 is 5.82 Å². The largest absolute Gasteiger partial charge is 0.353 e. The molecule has 1 saturated carbocycles. The van der Waals surface area contributed by atoms with Crippen LogP contribution in [0.4, 0.5) is 10.2 Å². The Hall–Kier alpha value is -3.25. The Balaban J connectivity index is 1.24. The number of amides is 1. The third-order valence-corrected chi connectivity index (χ3v) is 6.12. The first kappa shape index (κ1) is 16.9. The number of nitrogens with one attached hydrogen (secondary N) is 2. The standard InChI is InChI=1S/C19H15FN6OS/c20-15-3-10(4-21)5-22-18(15)26-7-13-14(8-26)17(13)24-19(27)12-6-23-25-16(12)11-1-2-28-9-11/h1-3,5-6,9,13-14,17H,7-8H2,(H,23,25)(H,24,27)/t13-,14+,17?. The molecule has 1 saturated heterocycles. The van der Waals surface area contributed by atoms with Gasteiger partial charge in [-0.15, -0.1) is 0 Å². The third-order valence-electron chi connectivity index (χ3n) is 5.44. The van der Waals surface area contributed by atoms with Gasteiger partial charge in [0.15, 0.2) is 11.6 Å². The molecule has 3 atom stereocenters. The molecule has 2 aliphatic rings. The van der Waals surface area contributed by atoms with Crippen molar-refractivity contribution in [3.8, 4) is 17.3 Å². The van der Waals surface area contributed by atoms with Crippen molar-refractivity contribution in [1.82, 2.24) is 20.5 Å². The van der Waals surface area contributed by atoms with Crippen molar-refractivity contribution in [2.45, 2.75) is 6.04 Å². The summed E-state index contributed by atoms with van der Waals surface area (Å²) >= 11 is 1.56. The molecule has 140 valence electrons. The van der Waals surface area contributed by atoms with Gasteiger partial charge in [-0.1, -0.05) is 0 Å². The van der Waals surface area contributed by atoms with Gasteiger partial charge in [0.2, 0.25) is 0 Å². The number of carbonyl (C=O) groups is 1. The number of rotatable bonds is 4. The maximum atomic E-state index is 14.2. The highest BCUT2D eigenvalue weighted by atomic mass is 32.1. The van der Waals surface area contributed by atoms with Gasteiger partial charge < -0.3 is 10.2 Å². The Morgan fingerprint density at radius 3 is 2.89 bits per heavy atom. The topological polar surface area (TPSA) is 97.7 Å². The lowest BCUT2D eigenvalue weighted by Crippen LogP contribution is -2.35. The van der Waals surface area contributed by atoms with E-state index in [4.69, 9.17) is 5.26 Å². The number of aromatic amines is 1. The molecule has 0 bridgehead atoms. The molecule has 9 heteroatoms. The highest BCUT2D eigenvalue weighted by molar-refractivity contribution is 7.08. The molecule has 7 nitrogen and oxygen atoms in total. The van der Waals surface area contributed by atoms with E-state index >= 15 is 0 Å². The van der Waals surface area contributed by atoms with Crippen molar-refractivity contribution in [2.24, 2.45) is 11.8 Å². The van der Waals surface area contributed by atoms with Gasteiger partial charge in [0.05, 0.1) is 23.0 Å². The van der Waals surface area contributed by atoms with Crippen LogP contribution < -0.4 is 10.2 Å². The SMILES string of the molecule is N#Cc1cnc(N2C[C@@H]3C(NC(=O)c4cn[nH]c4-c4ccsc4)[C@@H]3C2)c(F)c1. The number of piperidine rings is 1. The van der Waals surface area contributed by atoms with Gasteiger partial charge in [0, 0.05) is 48.1 Å². The molecule has 1 amide bonds. The van der Waals surface area contributed by atoms with Crippen LogP contribution in [0.5, 0.6) is 0 Å². The summed E-state index contributed by atoms with van der Waals surface area (Å²) in [6.07, 6.45) is 2.93.